The summed E-state index contributed by atoms with van der Waals surface area (Å²) in [5.74, 6) is 0.315. The molecule has 0 bridgehead atoms. The number of hydrogen-bond acceptors (Lipinski definition) is 1. The largest absolute Gasteiger partial charge is 0.343 e. The number of likely N-dealkylation sites (tertiary alicyclic amines) is 1. The van der Waals surface area contributed by atoms with Crippen LogP contribution in [0.3, 0.4) is 0 Å². The minimum absolute atomic E-state index is 0.315. The monoisotopic (exact) mass is 140 g/mol. The van der Waals surface area contributed by atoms with Gasteiger partial charge in [0.2, 0.25) is 5.91 Å². The van der Waals surface area contributed by atoms with Crippen molar-refractivity contribution in [2.45, 2.75) is 25.7 Å². The van der Waals surface area contributed by atoms with Crippen molar-refractivity contribution in [2.24, 2.45) is 0 Å². The highest BCUT2D eigenvalue weighted by Crippen LogP contribution is 2.09. The summed E-state index contributed by atoms with van der Waals surface area (Å²) < 4.78 is 0. The molecule has 57 valence electrons. The van der Waals surface area contributed by atoms with Crippen LogP contribution in [0.5, 0.6) is 0 Å². The Balaban J connectivity index is 2.32. The molecule has 10 heavy (non-hydrogen) atoms. The van der Waals surface area contributed by atoms with Crippen LogP contribution in [0.2, 0.25) is 0 Å². The maximum absolute atomic E-state index is 11.1. The minimum atomic E-state index is 0.315. The van der Waals surface area contributed by atoms with Gasteiger partial charge in [-0.3, -0.25) is 4.79 Å². The van der Waals surface area contributed by atoms with E-state index in [1.165, 1.54) is 6.42 Å². The van der Waals surface area contributed by atoms with Crippen LogP contribution in [-0.2, 0) is 4.79 Å². The van der Waals surface area contributed by atoms with E-state index in [2.05, 4.69) is 6.92 Å². The van der Waals surface area contributed by atoms with Crippen molar-refractivity contribution < 1.29 is 4.79 Å². The van der Waals surface area contributed by atoms with Gasteiger partial charge >= 0.3 is 0 Å². The van der Waals surface area contributed by atoms with Gasteiger partial charge in [-0.25, -0.2) is 0 Å². The Hall–Kier alpha value is -0.530. The lowest BCUT2D eigenvalue weighted by Crippen LogP contribution is -2.35. The molecule has 0 aromatic rings. The predicted octanol–water partition coefficient (Wildman–Crippen LogP) is 1.22. The highest BCUT2D eigenvalue weighted by atomic mass is 16.2. The number of carbonyl (C=O) groups is 1. The summed E-state index contributed by atoms with van der Waals surface area (Å²) in [5.41, 5.74) is 0. The van der Waals surface area contributed by atoms with E-state index in [1.807, 2.05) is 4.90 Å². The molecular weight excluding hydrogens is 126 g/mol. The Morgan fingerprint density at radius 3 is 2.90 bits per heavy atom. The van der Waals surface area contributed by atoms with Gasteiger partial charge in [-0.1, -0.05) is 6.92 Å². The molecule has 1 rings (SSSR count). The van der Waals surface area contributed by atoms with Crippen LogP contribution >= 0.6 is 0 Å². The Morgan fingerprint density at radius 1 is 1.50 bits per heavy atom. The zero-order valence-electron chi connectivity index (χ0n) is 6.31. The zero-order valence-corrected chi connectivity index (χ0v) is 6.31. The average Bonchev–Trinajstić information content (AvgIpc) is 1.94. The van der Waals surface area contributed by atoms with Gasteiger partial charge in [0.1, 0.15) is 0 Å². The normalized spacial score (nSPS) is 19.7. The van der Waals surface area contributed by atoms with Gasteiger partial charge in [-0.05, 0) is 19.3 Å². The number of piperidine rings is 1. The molecule has 0 aromatic heterocycles. The first-order chi connectivity index (χ1) is 4.84. The van der Waals surface area contributed by atoms with Gasteiger partial charge in [0.25, 0.3) is 0 Å². The Labute approximate surface area is 62.2 Å². The maximum Gasteiger partial charge on any atom is 0.222 e. The molecule has 0 N–H and O–H groups in total. The van der Waals surface area contributed by atoms with Crippen molar-refractivity contribution in [3.8, 4) is 0 Å². The minimum Gasteiger partial charge on any atom is -0.343 e. The standard InChI is InChI=1S/C8H14NO/c1-2-6-9-7-4-3-5-8(9)10/h1-7H2. The van der Waals surface area contributed by atoms with Crippen LogP contribution in [-0.4, -0.2) is 23.9 Å². The maximum atomic E-state index is 11.1. The van der Waals surface area contributed by atoms with E-state index in [9.17, 15) is 4.79 Å². The first-order valence-corrected chi connectivity index (χ1v) is 3.91. The molecule has 1 saturated heterocycles. The molecule has 1 aliphatic heterocycles. The van der Waals surface area contributed by atoms with Gasteiger partial charge < -0.3 is 4.90 Å². The SMILES string of the molecule is [CH2]CCN1CCCCC1=O. The van der Waals surface area contributed by atoms with E-state index < -0.39 is 0 Å². The number of amides is 1. The van der Waals surface area contributed by atoms with Crippen LogP contribution in [0, 0.1) is 6.92 Å². The second kappa shape index (κ2) is 3.59. The highest BCUT2D eigenvalue weighted by molar-refractivity contribution is 5.76. The van der Waals surface area contributed by atoms with Crippen LogP contribution in [0.4, 0.5) is 0 Å². The molecule has 0 aromatic carbocycles. The predicted molar refractivity (Wildman–Crippen MR) is 40.4 cm³/mol. The van der Waals surface area contributed by atoms with Crippen molar-refractivity contribution in [1.29, 1.82) is 0 Å². The molecule has 0 aliphatic carbocycles. The first kappa shape index (κ1) is 7.58. The highest BCUT2D eigenvalue weighted by Gasteiger charge is 2.15. The molecule has 0 unspecified atom stereocenters. The fraction of sp³-hybridized carbons (Fsp3) is 0.750. The van der Waals surface area contributed by atoms with Crippen LogP contribution < -0.4 is 0 Å². The van der Waals surface area contributed by atoms with Gasteiger partial charge in [-0.15, -0.1) is 0 Å². The molecule has 2 heteroatoms. The molecule has 1 radical (unpaired) electrons. The van der Waals surface area contributed by atoms with Crippen molar-refractivity contribution in [3.05, 3.63) is 6.92 Å². The van der Waals surface area contributed by atoms with Gasteiger partial charge in [0.05, 0.1) is 0 Å². The summed E-state index contributed by atoms with van der Waals surface area (Å²) in [6.45, 7) is 5.52. The summed E-state index contributed by atoms with van der Waals surface area (Å²) in [6, 6.07) is 0. The van der Waals surface area contributed by atoms with Crippen molar-refractivity contribution in [1.82, 2.24) is 4.90 Å². The van der Waals surface area contributed by atoms with Crippen molar-refractivity contribution >= 4 is 5.91 Å². The lowest BCUT2D eigenvalue weighted by Gasteiger charge is -2.25. The van der Waals surface area contributed by atoms with E-state index in [0.717, 1.165) is 32.4 Å². The summed E-state index contributed by atoms with van der Waals surface area (Å²) >= 11 is 0. The molecule has 0 saturated carbocycles. The second-order valence-corrected chi connectivity index (χ2v) is 2.69. The van der Waals surface area contributed by atoms with Crippen LogP contribution in [0.1, 0.15) is 25.7 Å². The van der Waals surface area contributed by atoms with Crippen LogP contribution in [0.15, 0.2) is 0 Å². The van der Waals surface area contributed by atoms with E-state index in [-0.39, 0.29) is 0 Å². The number of rotatable bonds is 2. The molecule has 1 fully saturated rings. The van der Waals surface area contributed by atoms with E-state index in [4.69, 9.17) is 0 Å². The smallest absolute Gasteiger partial charge is 0.222 e. The average molecular weight is 140 g/mol. The van der Waals surface area contributed by atoms with Crippen molar-refractivity contribution in [3.63, 3.8) is 0 Å². The third-order valence-electron chi connectivity index (χ3n) is 1.85. The fourth-order valence-electron chi connectivity index (χ4n) is 1.29. The summed E-state index contributed by atoms with van der Waals surface area (Å²) in [6.07, 6.45) is 3.84. The number of hydrogen-bond donors (Lipinski definition) is 0. The van der Waals surface area contributed by atoms with Gasteiger partial charge in [-0.2, -0.15) is 0 Å². The molecule has 1 heterocycles. The first-order valence-electron chi connectivity index (χ1n) is 3.91. The molecule has 1 aliphatic rings. The van der Waals surface area contributed by atoms with E-state index in [0.29, 0.717) is 5.91 Å². The Bertz CT molecular complexity index is 120. The lowest BCUT2D eigenvalue weighted by molar-refractivity contribution is -0.133. The lowest BCUT2D eigenvalue weighted by atomic mass is 10.1. The van der Waals surface area contributed by atoms with Crippen LogP contribution in [0.25, 0.3) is 0 Å². The Kier molecular flexibility index (Phi) is 2.72. The fourth-order valence-corrected chi connectivity index (χ4v) is 1.29. The second-order valence-electron chi connectivity index (χ2n) is 2.69. The summed E-state index contributed by atoms with van der Waals surface area (Å²) in [5, 5.41) is 0. The summed E-state index contributed by atoms with van der Waals surface area (Å²) in [4.78, 5) is 13.0. The summed E-state index contributed by atoms with van der Waals surface area (Å²) in [7, 11) is 0. The third kappa shape index (κ3) is 1.72. The molecular formula is C8H14NO. The zero-order chi connectivity index (χ0) is 7.40. The van der Waals surface area contributed by atoms with E-state index >= 15 is 0 Å². The third-order valence-corrected chi connectivity index (χ3v) is 1.85. The quantitative estimate of drug-likeness (QED) is 0.564. The van der Waals surface area contributed by atoms with Crippen molar-refractivity contribution in [2.75, 3.05) is 13.1 Å². The number of nitrogens with zero attached hydrogens (tertiary/aromatic N) is 1. The topological polar surface area (TPSA) is 20.3 Å². The van der Waals surface area contributed by atoms with Gasteiger partial charge in [0, 0.05) is 19.5 Å². The molecule has 0 atom stereocenters. The van der Waals surface area contributed by atoms with E-state index in [1.54, 1.807) is 0 Å². The number of carbonyl (C=O) groups excluding carboxylic acids is 1. The Morgan fingerprint density at radius 2 is 2.30 bits per heavy atom. The molecule has 0 spiro atoms. The molecule has 1 amide bonds. The van der Waals surface area contributed by atoms with Gasteiger partial charge in [0.15, 0.2) is 0 Å². The molecule has 2 nitrogen and oxygen atoms in total.